The molecule has 1 N–H and O–H groups in total. The SMILES string of the molecule is CC1CC(Oc2ccnc(COC3=CC=C(F)CC3C#N)n2)CCN1Cc1nc2ccc(C(=O)O)cc2n1CC1CCOC1. The first kappa shape index (κ1) is 29.7. The number of carboxylic acid groups (broad SMARTS) is 1. The van der Waals surface area contributed by atoms with Gasteiger partial charge in [0.25, 0.3) is 0 Å². The van der Waals surface area contributed by atoms with Crippen LogP contribution in [0.15, 0.2) is 54.2 Å². The number of hydrogen-bond donors (Lipinski definition) is 1. The molecule has 6 rings (SSSR count). The Labute approximate surface area is 254 Å². The molecule has 12 heteroatoms. The van der Waals surface area contributed by atoms with Gasteiger partial charge in [-0.25, -0.2) is 19.2 Å². The Morgan fingerprint density at radius 3 is 2.91 bits per heavy atom. The van der Waals surface area contributed by atoms with E-state index in [1.54, 1.807) is 30.5 Å². The summed E-state index contributed by atoms with van der Waals surface area (Å²) in [5.41, 5.74) is 1.89. The molecule has 4 unspecified atom stereocenters. The predicted octanol–water partition coefficient (Wildman–Crippen LogP) is 4.79. The highest BCUT2D eigenvalue weighted by molar-refractivity contribution is 5.92. The normalized spacial score (nSPS) is 24.0. The number of fused-ring (bicyclic) bond motifs is 1. The van der Waals surface area contributed by atoms with Crippen LogP contribution in [0.5, 0.6) is 5.88 Å². The van der Waals surface area contributed by atoms with Gasteiger partial charge in [-0.15, -0.1) is 0 Å². The zero-order chi connectivity index (χ0) is 30.6. The maximum Gasteiger partial charge on any atom is 0.335 e. The highest BCUT2D eigenvalue weighted by Crippen LogP contribution is 2.29. The van der Waals surface area contributed by atoms with Crippen molar-refractivity contribution in [2.24, 2.45) is 11.8 Å². The van der Waals surface area contributed by atoms with Gasteiger partial charge in [0.15, 0.2) is 5.82 Å². The van der Waals surface area contributed by atoms with Crippen LogP contribution in [0.4, 0.5) is 4.39 Å². The van der Waals surface area contributed by atoms with E-state index >= 15 is 0 Å². The molecule has 1 aromatic carbocycles. The van der Waals surface area contributed by atoms with Crippen LogP contribution < -0.4 is 4.74 Å². The minimum Gasteiger partial charge on any atom is -0.489 e. The van der Waals surface area contributed by atoms with Gasteiger partial charge in [-0.3, -0.25) is 4.90 Å². The molecule has 2 aromatic heterocycles. The Bertz CT molecular complexity index is 1620. The minimum atomic E-state index is -0.951. The molecule has 0 bridgehead atoms. The van der Waals surface area contributed by atoms with Crippen molar-refractivity contribution in [2.75, 3.05) is 19.8 Å². The maximum absolute atomic E-state index is 13.5. The summed E-state index contributed by atoms with van der Waals surface area (Å²) in [5.74, 6) is 0.602. The summed E-state index contributed by atoms with van der Waals surface area (Å²) in [6.07, 6.45) is 6.95. The molecule has 4 atom stereocenters. The van der Waals surface area contributed by atoms with Crippen molar-refractivity contribution in [1.82, 2.24) is 24.4 Å². The zero-order valence-corrected chi connectivity index (χ0v) is 24.6. The summed E-state index contributed by atoms with van der Waals surface area (Å²) in [6, 6.07) is 9.12. The second-order valence-electron chi connectivity index (χ2n) is 11.6. The number of likely N-dealkylation sites (tertiary alicyclic amines) is 1. The Kier molecular flexibility index (Phi) is 8.86. The van der Waals surface area contributed by atoms with Crippen molar-refractivity contribution >= 4 is 17.0 Å². The van der Waals surface area contributed by atoms with Crippen LogP contribution in [0.3, 0.4) is 0 Å². The van der Waals surface area contributed by atoms with Crippen molar-refractivity contribution in [3.05, 3.63) is 71.4 Å². The first-order valence-corrected chi connectivity index (χ1v) is 15.0. The highest BCUT2D eigenvalue weighted by atomic mass is 19.1. The molecule has 11 nitrogen and oxygen atoms in total. The van der Waals surface area contributed by atoms with E-state index in [0.29, 0.717) is 36.5 Å². The number of piperidine rings is 1. The van der Waals surface area contributed by atoms with Gasteiger partial charge in [0.05, 0.1) is 35.8 Å². The molecule has 0 radical (unpaired) electrons. The van der Waals surface area contributed by atoms with Crippen LogP contribution in [-0.2, 0) is 29.2 Å². The standard InChI is InChI=1S/C32H35FN6O5/c1-20-12-25(44-31-6-9-35-29(37-31)19-43-28-5-3-24(33)13-23(28)15-34)7-10-38(20)17-30-36-26-4-2-22(32(40)41)14-27(26)39(30)16-21-8-11-42-18-21/h2-6,9,14,20-21,23,25H,7-8,10-13,16-19H2,1H3,(H,40,41). The average molecular weight is 603 g/mol. The fourth-order valence-electron chi connectivity index (χ4n) is 6.06. The molecule has 0 spiro atoms. The van der Waals surface area contributed by atoms with Crippen molar-refractivity contribution in [2.45, 2.75) is 64.4 Å². The molecule has 2 aliphatic heterocycles. The van der Waals surface area contributed by atoms with Crippen LogP contribution in [0.25, 0.3) is 11.0 Å². The largest absolute Gasteiger partial charge is 0.489 e. The Morgan fingerprint density at radius 2 is 2.14 bits per heavy atom. The third-order valence-electron chi connectivity index (χ3n) is 8.51. The van der Waals surface area contributed by atoms with Crippen LogP contribution in [0.2, 0.25) is 0 Å². The molecule has 2 fully saturated rings. The van der Waals surface area contributed by atoms with E-state index < -0.39 is 11.9 Å². The fourth-order valence-corrected chi connectivity index (χ4v) is 6.06. The lowest BCUT2D eigenvalue weighted by atomic mass is 9.99. The van der Waals surface area contributed by atoms with Crippen molar-refractivity contribution in [3.63, 3.8) is 0 Å². The van der Waals surface area contributed by atoms with E-state index in [2.05, 4.69) is 32.4 Å². The van der Waals surface area contributed by atoms with Crippen molar-refractivity contribution in [1.29, 1.82) is 5.26 Å². The highest BCUT2D eigenvalue weighted by Gasteiger charge is 2.29. The van der Waals surface area contributed by atoms with Gasteiger partial charge in [0, 0.05) is 50.3 Å². The number of benzene rings is 1. The van der Waals surface area contributed by atoms with E-state index in [0.717, 1.165) is 55.8 Å². The number of hydrogen-bond acceptors (Lipinski definition) is 9. The topological polar surface area (TPSA) is 136 Å². The fraction of sp³-hybridized carbons (Fsp3) is 0.469. The second kappa shape index (κ2) is 13.1. The van der Waals surface area contributed by atoms with Crippen LogP contribution in [0.1, 0.15) is 54.6 Å². The smallest absolute Gasteiger partial charge is 0.335 e. The molecule has 3 aliphatic rings. The molecule has 230 valence electrons. The van der Waals surface area contributed by atoms with Gasteiger partial charge in [0.2, 0.25) is 5.88 Å². The maximum atomic E-state index is 13.5. The zero-order valence-electron chi connectivity index (χ0n) is 24.6. The summed E-state index contributed by atoms with van der Waals surface area (Å²) in [5, 5.41) is 18.9. The first-order valence-electron chi connectivity index (χ1n) is 15.0. The van der Waals surface area contributed by atoms with Gasteiger partial charge in [0.1, 0.15) is 36.0 Å². The second-order valence-corrected chi connectivity index (χ2v) is 11.6. The molecule has 44 heavy (non-hydrogen) atoms. The number of carboxylic acids is 1. The number of aromatic nitrogens is 4. The lowest BCUT2D eigenvalue weighted by Gasteiger charge is -2.37. The molecule has 2 saturated heterocycles. The van der Waals surface area contributed by atoms with Gasteiger partial charge < -0.3 is 23.9 Å². The molecular weight excluding hydrogens is 567 g/mol. The van der Waals surface area contributed by atoms with Gasteiger partial charge in [-0.1, -0.05) is 0 Å². The number of imidazole rings is 1. The van der Waals surface area contributed by atoms with E-state index in [1.807, 2.05) is 0 Å². The Balaban J connectivity index is 1.09. The average Bonchev–Trinajstić information content (AvgIpc) is 3.66. The lowest BCUT2D eigenvalue weighted by molar-refractivity contribution is 0.0532. The summed E-state index contributed by atoms with van der Waals surface area (Å²) in [6.45, 7) is 5.86. The summed E-state index contributed by atoms with van der Waals surface area (Å²) in [7, 11) is 0. The third-order valence-corrected chi connectivity index (χ3v) is 8.51. The lowest BCUT2D eigenvalue weighted by Crippen LogP contribution is -2.44. The van der Waals surface area contributed by atoms with Gasteiger partial charge >= 0.3 is 5.97 Å². The number of rotatable bonds is 10. The van der Waals surface area contributed by atoms with E-state index in [4.69, 9.17) is 19.2 Å². The van der Waals surface area contributed by atoms with Crippen LogP contribution in [-0.4, -0.2) is 67.4 Å². The number of nitriles is 1. The Morgan fingerprint density at radius 1 is 1.25 bits per heavy atom. The van der Waals surface area contributed by atoms with Gasteiger partial charge in [-0.05, 0) is 56.5 Å². The predicted molar refractivity (Wildman–Crippen MR) is 157 cm³/mol. The summed E-state index contributed by atoms with van der Waals surface area (Å²) < 4.78 is 33.3. The molecule has 0 saturated carbocycles. The number of aromatic carboxylic acids is 1. The number of halogens is 1. The van der Waals surface area contributed by atoms with Crippen LogP contribution >= 0.6 is 0 Å². The monoisotopic (exact) mass is 602 g/mol. The van der Waals surface area contributed by atoms with E-state index in [1.165, 1.54) is 12.2 Å². The number of nitrogens with zero attached hydrogens (tertiary/aromatic N) is 6. The quantitative estimate of drug-likeness (QED) is 0.345. The molecule has 0 amide bonds. The Hall–Kier alpha value is -4.34. The summed E-state index contributed by atoms with van der Waals surface area (Å²) in [4.78, 5) is 27.7. The van der Waals surface area contributed by atoms with E-state index in [9.17, 15) is 19.6 Å². The van der Waals surface area contributed by atoms with Crippen molar-refractivity contribution < 1.29 is 28.5 Å². The molecule has 3 aromatic rings. The molecule has 4 heterocycles. The number of ether oxygens (including phenoxy) is 3. The minimum absolute atomic E-state index is 0.00265. The van der Waals surface area contributed by atoms with E-state index in [-0.39, 0.29) is 36.6 Å². The van der Waals surface area contributed by atoms with Crippen LogP contribution in [0, 0.1) is 23.2 Å². The first-order chi connectivity index (χ1) is 21.4. The van der Waals surface area contributed by atoms with Crippen molar-refractivity contribution in [3.8, 4) is 11.9 Å². The number of carbonyl (C=O) groups is 1. The molecular formula is C32H35FN6O5. The molecule has 1 aliphatic carbocycles. The third kappa shape index (κ3) is 6.74. The number of allylic oxidation sites excluding steroid dienone is 4. The summed E-state index contributed by atoms with van der Waals surface area (Å²) >= 11 is 0. The van der Waals surface area contributed by atoms with Gasteiger partial charge in [-0.2, -0.15) is 10.2 Å².